The molecule has 154 valence electrons. The van der Waals surface area contributed by atoms with Gasteiger partial charge < -0.3 is 19.5 Å². The predicted octanol–water partition coefficient (Wildman–Crippen LogP) is 4.00. The fourth-order valence-electron chi connectivity index (χ4n) is 2.80. The maximum absolute atomic E-state index is 12.1. The molecule has 0 aliphatic carbocycles. The molecule has 0 fully saturated rings. The fraction of sp³-hybridized carbons (Fsp3) is 0.167. The average molecular weight is 405 g/mol. The van der Waals surface area contributed by atoms with Crippen LogP contribution < -0.4 is 14.8 Å². The number of methoxy groups -OCH3 is 1. The topological polar surface area (TPSA) is 73.9 Å². The standard InChI is InChI=1S/C24H23NO5/c1-28-22-10-6-5-7-18(22)15-16-25-23(26)17-29-24(27)19-11-13-21(14-12-19)30-20-8-3-2-4-9-20/h2-14H,15-17H2,1H3,(H,25,26). The highest BCUT2D eigenvalue weighted by molar-refractivity contribution is 5.91. The summed E-state index contributed by atoms with van der Waals surface area (Å²) in [6, 6.07) is 23.5. The molecule has 0 aromatic heterocycles. The highest BCUT2D eigenvalue weighted by atomic mass is 16.5. The molecule has 6 heteroatoms. The van der Waals surface area contributed by atoms with E-state index in [1.54, 1.807) is 31.4 Å². The van der Waals surface area contributed by atoms with Gasteiger partial charge in [-0.2, -0.15) is 0 Å². The fourth-order valence-corrected chi connectivity index (χ4v) is 2.80. The third kappa shape index (κ3) is 6.10. The summed E-state index contributed by atoms with van der Waals surface area (Å²) in [7, 11) is 1.61. The summed E-state index contributed by atoms with van der Waals surface area (Å²) in [5.74, 6) is 1.16. The number of hydrogen-bond acceptors (Lipinski definition) is 5. The zero-order valence-corrected chi connectivity index (χ0v) is 16.7. The zero-order chi connectivity index (χ0) is 21.2. The quantitative estimate of drug-likeness (QED) is 0.545. The van der Waals surface area contributed by atoms with Crippen molar-refractivity contribution in [3.8, 4) is 17.2 Å². The number of nitrogens with one attached hydrogen (secondary N) is 1. The molecule has 6 nitrogen and oxygen atoms in total. The van der Waals surface area contributed by atoms with Crippen LogP contribution in [0.15, 0.2) is 78.9 Å². The first-order valence-electron chi connectivity index (χ1n) is 9.54. The van der Waals surface area contributed by atoms with E-state index in [0.29, 0.717) is 30.0 Å². The first-order chi connectivity index (χ1) is 14.7. The lowest BCUT2D eigenvalue weighted by atomic mass is 10.1. The second kappa shape index (κ2) is 10.7. The Bertz CT molecular complexity index is 970. The first-order valence-corrected chi connectivity index (χ1v) is 9.54. The number of amides is 1. The minimum Gasteiger partial charge on any atom is -0.496 e. The Balaban J connectivity index is 1.41. The van der Waals surface area contributed by atoms with Crippen LogP contribution in [0, 0.1) is 0 Å². The lowest BCUT2D eigenvalue weighted by Crippen LogP contribution is -2.30. The minimum absolute atomic E-state index is 0.340. The Morgan fingerprint density at radius 2 is 1.50 bits per heavy atom. The Kier molecular flexibility index (Phi) is 7.44. The lowest BCUT2D eigenvalue weighted by molar-refractivity contribution is -0.124. The molecule has 0 spiro atoms. The van der Waals surface area contributed by atoms with E-state index in [-0.39, 0.29) is 12.5 Å². The highest BCUT2D eigenvalue weighted by Gasteiger charge is 2.11. The van der Waals surface area contributed by atoms with E-state index in [9.17, 15) is 9.59 Å². The van der Waals surface area contributed by atoms with Gasteiger partial charge >= 0.3 is 5.97 Å². The zero-order valence-electron chi connectivity index (χ0n) is 16.7. The van der Waals surface area contributed by atoms with Crippen LogP contribution in [-0.2, 0) is 16.0 Å². The van der Waals surface area contributed by atoms with Crippen LogP contribution in [0.2, 0.25) is 0 Å². The molecule has 0 atom stereocenters. The second-order valence-electron chi connectivity index (χ2n) is 6.43. The molecule has 3 rings (SSSR count). The summed E-state index contributed by atoms with van der Waals surface area (Å²) < 4.78 is 16.0. The number of esters is 1. The number of carbonyl (C=O) groups excluding carboxylic acids is 2. The van der Waals surface area contributed by atoms with Crippen LogP contribution in [0.5, 0.6) is 17.2 Å². The van der Waals surface area contributed by atoms with Crippen LogP contribution in [0.1, 0.15) is 15.9 Å². The van der Waals surface area contributed by atoms with E-state index < -0.39 is 5.97 Å². The molecule has 3 aromatic carbocycles. The van der Waals surface area contributed by atoms with Gasteiger partial charge in [-0.25, -0.2) is 4.79 Å². The van der Waals surface area contributed by atoms with E-state index in [1.807, 2.05) is 54.6 Å². The molecule has 0 saturated carbocycles. The van der Waals surface area contributed by atoms with Crippen molar-refractivity contribution in [3.63, 3.8) is 0 Å². The van der Waals surface area contributed by atoms with E-state index >= 15 is 0 Å². The summed E-state index contributed by atoms with van der Waals surface area (Å²) in [5, 5.41) is 2.73. The molecule has 1 N–H and O–H groups in total. The van der Waals surface area contributed by atoms with Crippen molar-refractivity contribution in [2.45, 2.75) is 6.42 Å². The van der Waals surface area contributed by atoms with E-state index in [2.05, 4.69) is 5.32 Å². The molecule has 0 bridgehead atoms. The number of benzene rings is 3. The van der Waals surface area contributed by atoms with Crippen molar-refractivity contribution in [1.82, 2.24) is 5.32 Å². The molecule has 0 unspecified atom stereocenters. The molecule has 0 heterocycles. The smallest absolute Gasteiger partial charge is 0.338 e. The Morgan fingerprint density at radius 1 is 0.833 bits per heavy atom. The van der Waals surface area contributed by atoms with Crippen LogP contribution in [-0.4, -0.2) is 32.1 Å². The molecule has 0 saturated heterocycles. The average Bonchev–Trinajstić information content (AvgIpc) is 2.79. The normalized spacial score (nSPS) is 10.2. The second-order valence-corrected chi connectivity index (χ2v) is 6.43. The number of hydrogen-bond donors (Lipinski definition) is 1. The van der Waals surface area contributed by atoms with Gasteiger partial charge in [0.25, 0.3) is 5.91 Å². The number of ether oxygens (including phenoxy) is 3. The van der Waals surface area contributed by atoms with E-state index in [0.717, 1.165) is 11.3 Å². The van der Waals surface area contributed by atoms with Gasteiger partial charge in [-0.05, 0) is 54.4 Å². The van der Waals surface area contributed by atoms with Crippen LogP contribution in [0.25, 0.3) is 0 Å². The Labute approximate surface area is 175 Å². The van der Waals surface area contributed by atoms with Crippen LogP contribution >= 0.6 is 0 Å². The molecule has 3 aromatic rings. The lowest BCUT2D eigenvalue weighted by Gasteiger charge is -2.10. The molecule has 30 heavy (non-hydrogen) atoms. The van der Waals surface area contributed by atoms with Gasteiger partial charge in [-0.3, -0.25) is 4.79 Å². The van der Waals surface area contributed by atoms with Gasteiger partial charge in [0.05, 0.1) is 12.7 Å². The summed E-state index contributed by atoms with van der Waals surface area (Å²) in [6.45, 7) is 0.0787. The van der Waals surface area contributed by atoms with Gasteiger partial charge in [-0.15, -0.1) is 0 Å². The van der Waals surface area contributed by atoms with Crippen molar-refractivity contribution in [2.75, 3.05) is 20.3 Å². The van der Waals surface area contributed by atoms with E-state index in [1.165, 1.54) is 0 Å². The molecule has 0 aliphatic rings. The van der Waals surface area contributed by atoms with Gasteiger partial charge in [0.15, 0.2) is 6.61 Å². The van der Waals surface area contributed by atoms with Gasteiger partial charge in [0.2, 0.25) is 0 Å². The SMILES string of the molecule is COc1ccccc1CCNC(=O)COC(=O)c1ccc(Oc2ccccc2)cc1. The van der Waals surface area contributed by atoms with Crippen molar-refractivity contribution >= 4 is 11.9 Å². The summed E-state index contributed by atoms with van der Waals surface area (Å²) in [6.07, 6.45) is 0.618. The first kappa shape index (κ1) is 20.9. The van der Waals surface area contributed by atoms with Crippen molar-refractivity contribution in [3.05, 3.63) is 90.0 Å². The number of rotatable bonds is 9. The molecule has 0 radical (unpaired) electrons. The molecule has 0 aliphatic heterocycles. The number of para-hydroxylation sites is 2. The maximum atomic E-state index is 12.1. The summed E-state index contributed by atoms with van der Waals surface area (Å²) in [4.78, 5) is 24.1. The Hall–Kier alpha value is -3.80. The monoisotopic (exact) mass is 405 g/mol. The van der Waals surface area contributed by atoms with Crippen LogP contribution in [0.4, 0.5) is 0 Å². The largest absolute Gasteiger partial charge is 0.496 e. The van der Waals surface area contributed by atoms with Crippen molar-refractivity contribution in [2.24, 2.45) is 0 Å². The maximum Gasteiger partial charge on any atom is 0.338 e. The summed E-state index contributed by atoms with van der Waals surface area (Å²) in [5.41, 5.74) is 1.34. The summed E-state index contributed by atoms with van der Waals surface area (Å²) >= 11 is 0. The van der Waals surface area contributed by atoms with Crippen LogP contribution in [0.3, 0.4) is 0 Å². The third-order valence-corrected chi connectivity index (χ3v) is 4.31. The highest BCUT2D eigenvalue weighted by Crippen LogP contribution is 2.21. The number of carbonyl (C=O) groups is 2. The third-order valence-electron chi connectivity index (χ3n) is 4.31. The predicted molar refractivity (Wildman–Crippen MR) is 113 cm³/mol. The van der Waals surface area contributed by atoms with E-state index in [4.69, 9.17) is 14.2 Å². The van der Waals surface area contributed by atoms with Gasteiger partial charge in [0, 0.05) is 6.54 Å². The Morgan fingerprint density at radius 3 is 2.23 bits per heavy atom. The van der Waals surface area contributed by atoms with Crippen molar-refractivity contribution in [1.29, 1.82) is 0 Å². The molecular formula is C24H23NO5. The van der Waals surface area contributed by atoms with Gasteiger partial charge in [-0.1, -0.05) is 36.4 Å². The molecular weight excluding hydrogens is 382 g/mol. The minimum atomic E-state index is -0.568. The van der Waals surface area contributed by atoms with Gasteiger partial charge in [0.1, 0.15) is 17.2 Å². The molecule has 1 amide bonds. The van der Waals surface area contributed by atoms with Crippen molar-refractivity contribution < 1.29 is 23.8 Å².